The topological polar surface area (TPSA) is 91.6 Å². The maximum atomic E-state index is 13.5. The zero-order valence-corrected chi connectivity index (χ0v) is 18.0. The van der Waals surface area contributed by atoms with Crippen LogP contribution in [0.5, 0.6) is 0 Å². The van der Waals surface area contributed by atoms with Gasteiger partial charge < -0.3 is 19.9 Å². The van der Waals surface area contributed by atoms with E-state index in [-0.39, 0.29) is 53.8 Å². The average Bonchev–Trinajstić information content (AvgIpc) is 3.20. The number of pyridine rings is 1. The summed E-state index contributed by atoms with van der Waals surface area (Å²) in [5.41, 5.74) is 1.32. The first-order valence-corrected chi connectivity index (χ1v) is 11.6. The minimum atomic E-state index is -0.673. The number of aliphatic hydroxyl groups is 1. The number of fused-ring (bicyclic) bond motifs is 3. The largest absolute Gasteiger partial charge is 0.396 e. The number of carbonyl (C=O) groups excluding carboxylic acids is 2. The molecule has 31 heavy (non-hydrogen) atoms. The predicted molar refractivity (Wildman–Crippen MR) is 116 cm³/mol. The molecule has 2 saturated carbocycles. The van der Waals surface area contributed by atoms with Crippen LogP contribution in [-0.4, -0.2) is 45.1 Å². The number of likely N-dealkylation sites (tertiary alicyclic amines) is 1. The molecular weight excluding hydrogens is 394 g/mol. The number of aliphatic hydroxyl groups excluding tert-OH is 1. The third-order valence-corrected chi connectivity index (χ3v) is 7.88. The van der Waals surface area contributed by atoms with Crippen LogP contribution >= 0.6 is 0 Å². The maximum absolute atomic E-state index is 13.5. The fourth-order valence-corrected chi connectivity index (χ4v) is 5.76. The summed E-state index contributed by atoms with van der Waals surface area (Å²) in [6, 6.07) is 2.88. The normalized spacial score (nSPS) is 30.1. The van der Waals surface area contributed by atoms with E-state index in [1.165, 1.54) is 0 Å². The molecule has 166 valence electrons. The molecule has 4 atom stereocenters. The van der Waals surface area contributed by atoms with Gasteiger partial charge in [0.1, 0.15) is 6.04 Å². The fourth-order valence-electron chi connectivity index (χ4n) is 5.76. The molecule has 1 aromatic rings. The van der Waals surface area contributed by atoms with Gasteiger partial charge in [-0.1, -0.05) is 18.6 Å². The third-order valence-electron chi connectivity index (χ3n) is 7.88. The van der Waals surface area contributed by atoms with Crippen molar-refractivity contribution in [3.05, 3.63) is 39.8 Å². The number of nitrogens with zero attached hydrogens (tertiary/aromatic N) is 2. The van der Waals surface area contributed by atoms with Gasteiger partial charge in [-0.25, -0.2) is 0 Å². The molecule has 2 aliphatic heterocycles. The SMILES string of the molecule is C/C=C/c1ccc2n(c1=O)C[C@@H]1[C@@H](CO)[C@H](C(=O)NC3CCC3)N(C(=O)C3CCC3)[C@H]21. The van der Waals surface area contributed by atoms with Crippen LogP contribution in [0, 0.1) is 17.8 Å². The molecule has 3 heterocycles. The number of rotatable bonds is 5. The van der Waals surface area contributed by atoms with Crippen molar-refractivity contribution in [3.8, 4) is 0 Å². The molecule has 4 aliphatic rings. The van der Waals surface area contributed by atoms with E-state index in [2.05, 4.69) is 5.32 Å². The molecule has 0 aromatic carbocycles. The second-order valence-corrected chi connectivity index (χ2v) is 9.54. The predicted octanol–water partition coefficient (Wildman–Crippen LogP) is 1.84. The van der Waals surface area contributed by atoms with Crippen LogP contribution in [0.2, 0.25) is 0 Å². The highest BCUT2D eigenvalue weighted by atomic mass is 16.3. The zero-order chi connectivity index (χ0) is 21.7. The van der Waals surface area contributed by atoms with Crippen molar-refractivity contribution >= 4 is 17.9 Å². The lowest BCUT2D eigenvalue weighted by Crippen LogP contribution is -2.55. The number of amides is 2. The molecule has 0 radical (unpaired) electrons. The van der Waals surface area contributed by atoms with Crippen LogP contribution in [0.4, 0.5) is 0 Å². The van der Waals surface area contributed by atoms with Gasteiger partial charge in [0.15, 0.2) is 0 Å². The van der Waals surface area contributed by atoms with Crippen molar-refractivity contribution in [2.75, 3.05) is 6.61 Å². The van der Waals surface area contributed by atoms with Crippen LogP contribution in [0.3, 0.4) is 0 Å². The standard InChI is InChI=1S/C24H31N3O4/c1-2-5-14-10-11-19-20-17(12-26(19)23(14)30)18(13-28)21(22(29)25-16-8-4-9-16)27(20)24(31)15-6-3-7-15/h2,5,10-11,15-18,20-21,28H,3-4,6-9,12-13H2,1H3,(H,25,29)/b5-2+/t17-,18-,20+,21-/m1/s1. The van der Waals surface area contributed by atoms with Crippen LogP contribution in [0.1, 0.15) is 62.7 Å². The summed E-state index contributed by atoms with van der Waals surface area (Å²) in [4.78, 5) is 41.6. The highest BCUT2D eigenvalue weighted by Crippen LogP contribution is 2.50. The van der Waals surface area contributed by atoms with Gasteiger partial charge in [0.05, 0.1) is 6.04 Å². The minimum Gasteiger partial charge on any atom is -0.396 e. The third kappa shape index (κ3) is 3.16. The van der Waals surface area contributed by atoms with E-state index < -0.39 is 6.04 Å². The molecule has 5 rings (SSSR count). The summed E-state index contributed by atoms with van der Waals surface area (Å²) < 4.78 is 1.74. The number of allylic oxidation sites excluding steroid dienone is 1. The molecule has 7 heteroatoms. The summed E-state index contributed by atoms with van der Waals surface area (Å²) in [6.45, 7) is 2.12. The molecule has 2 aliphatic carbocycles. The van der Waals surface area contributed by atoms with E-state index in [0.717, 1.165) is 44.2 Å². The van der Waals surface area contributed by atoms with Crippen molar-refractivity contribution in [3.63, 3.8) is 0 Å². The van der Waals surface area contributed by atoms with Gasteiger partial charge in [0.25, 0.3) is 5.56 Å². The monoisotopic (exact) mass is 425 g/mol. The number of carbonyl (C=O) groups is 2. The second-order valence-electron chi connectivity index (χ2n) is 9.54. The number of nitrogens with one attached hydrogen (secondary N) is 1. The van der Waals surface area contributed by atoms with E-state index in [1.54, 1.807) is 21.6 Å². The molecule has 2 N–H and O–H groups in total. The Balaban J connectivity index is 1.55. The van der Waals surface area contributed by atoms with Crippen molar-refractivity contribution in [1.29, 1.82) is 0 Å². The van der Waals surface area contributed by atoms with Gasteiger partial charge in [-0.2, -0.15) is 0 Å². The molecule has 3 fully saturated rings. The molecule has 1 saturated heterocycles. The lowest BCUT2D eigenvalue weighted by Gasteiger charge is -2.37. The molecule has 1 aromatic heterocycles. The first-order chi connectivity index (χ1) is 15.0. The lowest BCUT2D eigenvalue weighted by molar-refractivity contribution is -0.147. The first kappa shape index (κ1) is 20.5. The molecule has 0 unspecified atom stereocenters. The molecule has 7 nitrogen and oxygen atoms in total. The Morgan fingerprint density at radius 2 is 1.94 bits per heavy atom. The van der Waals surface area contributed by atoms with Gasteiger partial charge in [-0.05, 0) is 51.2 Å². The van der Waals surface area contributed by atoms with Gasteiger partial charge in [-0.15, -0.1) is 0 Å². The van der Waals surface area contributed by atoms with Gasteiger partial charge >= 0.3 is 0 Å². The summed E-state index contributed by atoms with van der Waals surface area (Å²) >= 11 is 0. The van der Waals surface area contributed by atoms with Gasteiger partial charge in [0, 0.05) is 48.2 Å². The average molecular weight is 426 g/mol. The van der Waals surface area contributed by atoms with Crippen molar-refractivity contribution in [2.45, 2.75) is 70.1 Å². The van der Waals surface area contributed by atoms with Crippen molar-refractivity contribution in [2.24, 2.45) is 17.8 Å². The van der Waals surface area contributed by atoms with E-state index in [1.807, 2.05) is 19.1 Å². The summed E-state index contributed by atoms with van der Waals surface area (Å²) in [5, 5.41) is 13.4. The van der Waals surface area contributed by atoms with Crippen LogP contribution in [0.15, 0.2) is 23.0 Å². The van der Waals surface area contributed by atoms with Crippen molar-refractivity contribution < 1.29 is 14.7 Å². The maximum Gasteiger partial charge on any atom is 0.258 e. The molecule has 2 amide bonds. The quantitative estimate of drug-likeness (QED) is 0.753. The van der Waals surface area contributed by atoms with E-state index in [4.69, 9.17) is 0 Å². The summed E-state index contributed by atoms with van der Waals surface area (Å²) in [7, 11) is 0. The number of hydrogen-bond acceptors (Lipinski definition) is 4. The highest BCUT2D eigenvalue weighted by molar-refractivity contribution is 5.90. The van der Waals surface area contributed by atoms with E-state index in [9.17, 15) is 19.5 Å². The molecular formula is C24H31N3O4. The summed E-state index contributed by atoms with van der Waals surface area (Å²) in [6.07, 6.45) is 9.40. The Hall–Kier alpha value is -2.41. The minimum absolute atomic E-state index is 0.00406. The smallest absolute Gasteiger partial charge is 0.258 e. The Kier molecular flexibility index (Phi) is 5.24. The molecule has 0 spiro atoms. The van der Waals surface area contributed by atoms with Crippen LogP contribution in [0.25, 0.3) is 6.08 Å². The lowest BCUT2D eigenvalue weighted by atomic mass is 9.83. The highest BCUT2D eigenvalue weighted by Gasteiger charge is 2.58. The Morgan fingerprint density at radius 3 is 2.52 bits per heavy atom. The number of hydrogen-bond donors (Lipinski definition) is 2. The Bertz CT molecular complexity index is 976. The van der Waals surface area contributed by atoms with Crippen LogP contribution in [-0.2, 0) is 16.1 Å². The van der Waals surface area contributed by atoms with Crippen LogP contribution < -0.4 is 10.9 Å². The first-order valence-electron chi connectivity index (χ1n) is 11.6. The second kappa shape index (κ2) is 7.93. The van der Waals surface area contributed by atoms with Gasteiger partial charge in [-0.3, -0.25) is 14.4 Å². The number of aromatic nitrogens is 1. The van der Waals surface area contributed by atoms with E-state index >= 15 is 0 Å². The Labute approximate surface area is 182 Å². The Morgan fingerprint density at radius 1 is 1.19 bits per heavy atom. The van der Waals surface area contributed by atoms with Gasteiger partial charge in [0.2, 0.25) is 11.8 Å². The fraction of sp³-hybridized carbons (Fsp3) is 0.625. The summed E-state index contributed by atoms with van der Waals surface area (Å²) in [5.74, 6) is -0.715. The van der Waals surface area contributed by atoms with E-state index in [0.29, 0.717) is 12.1 Å². The molecule has 0 bridgehead atoms. The zero-order valence-electron chi connectivity index (χ0n) is 18.0. The van der Waals surface area contributed by atoms with Crippen molar-refractivity contribution in [1.82, 2.24) is 14.8 Å².